The number of thiocarbonyl (C=S) groups is 1. The molecule has 9 heteroatoms. The molecule has 0 spiro atoms. The molecule has 222 valence electrons. The van der Waals surface area contributed by atoms with E-state index in [1.54, 1.807) is 19.4 Å². The topological polar surface area (TPSA) is 77.9 Å². The lowest BCUT2D eigenvalue weighted by Gasteiger charge is -2.28. The van der Waals surface area contributed by atoms with Crippen LogP contribution in [0.2, 0.25) is 0 Å². The normalized spacial score (nSPS) is 16.0. The van der Waals surface area contributed by atoms with Crippen molar-refractivity contribution < 1.29 is 19.0 Å². The number of carbonyl (C=O) groups excluding carboxylic acids is 1. The van der Waals surface area contributed by atoms with Crippen LogP contribution in [-0.2, 0) is 4.74 Å². The fourth-order valence-corrected chi connectivity index (χ4v) is 6.16. The summed E-state index contributed by atoms with van der Waals surface area (Å²) < 4.78 is 18.5. The van der Waals surface area contributed by atoms with Crippen LogP contribution in [0, 0.1) is 13.8 Å². The molecule has 1 N–H and O–H groups in total. The number of aromatic nitrogens is 2. The van der Waals surface area contributed by atoms with Gasteiger partial charge in [-0.1, -0.05) is 18.2 Å². The first-order valence-corrected chi connectivity index (χ1v) is 14.6. The van der Waals surface area contributed by atoms with Crippen molar-refractivity contribution >= 4 is 29.0 Å². The molecule has 0 saturated carbocycles. The smallest absolute Gasteiger partial charge is 0.339 e. The third kappa shape index (κ3) is 5.38. The minimum atomic E-state index is -0.386. The monoisotopic (exact) mass is 604 g/mol. The van der Waals surface area contributed by atoms with Gasteiger partial charge in [-0.2, -0.15) is 0 Å². The van der Waals surface area contributed by atoms with E-state index in [4.69, 9.17) is 31.4 Å². The first-order chi connectivity index (χ1) is 21.4. The SMILES string of the molecule is COC(=O)c1ccccc1-n1c(C)cc([C@@H]2[C@H](c3ccccn3)NC(=S)N2c2ccc(Oc3ccc(OC)cc3)cc2)c1C. The third-order valence-electron chi connectivity index (χ3n) is 7.85. The van der Waals surface area contributed by atoms with Crippen LogP contribution >= 0.6 is 12.2 Å². The Bertz CT molecular complexity index is 1800. The molecule has 5 aromatic rings. The van der Waals surface area contributed by atoms with Crippen LogP contribution in [0.3, 0.4) is 0 Å². The summed E-state index contributed by atoms with van der Waals surface area (Å²) in [5, 5.41) is 4.13. The number of rotatable bonds is 8. The number of aryl methyl sites for hydroxylation is 1. The lowest BCUT2D eigenvalue weighted by Crippen LogP contribution is -2.29. The average molecular weight is 605 g/mol. The van der Waals surface area contributed by atoms with Crippen LogP contribution < -0.4 is 19.7 Å². The van der Waals surface area contributed by atoms with Crippen molar-refractivity contribution in [1.82, 2.24) is 14.9 Å². The molecule has 3 aromatic carbocycles. The summed E-state index contributed by atoms with van der Waals surface area (Å²) >= 11 is 5.96. The molecule has 3 heterocycles. The van der Waals surface area contributed by atoms with E-state index in [-0.39, 0.29) is 18.1 Å². The van der Waals surface area contributed by atoms with Gasteiger partial charge in [0.2, 0.25) is 0 Å². The van der Waals surface area contributed by atoms with Gasteiger partial charge in [0.15, 0.2) is 5.11 Å². The number of nitrogens with one attached hydrogen (secondary N) is 1. The number of hydrogen-bond acceptors (Lipinski definition) is 6. The van der Waals surface area contributed by atoms with Crippen molar-refractivity contribution in [3.05, 3.63) is 131 Å². The Morgan fingerprint density at radius 1 is 0.864 bits per heavy atom. The maximum Gasteiger partial charge on any atom is 0.339 e. The third-order valence-corrected chi connectivity index (χ3v) is 8.16. The Kier molecular flexibility index (Phi) is 8.04. The van der Waals surface area contributed by atoms with E-state index in [0.29, 0.717) is 22.2 Å². The molecule has 0 bridgehead atoms. The second-order valence-electron chi connectivity index (χ2n) is 10.4. The molecule has 1 saturated heterocycles. The quantitative estimate of drug-likeness (QED) is 0.147. The number of pyridine rings is 1. The van der Waals surface area contributed by atoms with Crippen molar-refractivity contribution in [1.29, 1.82) is 0 Å². The summed E-state index contributed by atoms with van der Waals surface area (Å²) in [7, 11) is 3.03. The van der Waals surface area contributed by atoms with Crippen molar-refractivity contribution in [2.45, 2.75) is 25.9 Å². The number of nitrogens with zero attached hydrogens (tertiary/aromatic N) is 3. The molecule has 0 amide bonds. The zero-order chi connectivity index (χ0) is 30.8. The van der Waals surface area contributed by atoms with E-state index in [1.165, 1.54) is 7.11 Å². The number of esters is 1. The van der Waals surface area contributed by atoms with Crippen molar-refractivity contribution in [2.24, 2.45) is 0 Å². The van der Waals surface area contributed by atoms with Crippen LogP contribution in [0.4, 0.5) is 5.69 Å². The minimum absolute atomic E-state index is 0.219. The zero-order valence-corrected chi connectivity index (χ0v) is 25.7. The second-order valence-corrected chi connectivity index (χ2v) is 10.8. The molecule has 0 radical (unpaired) electrons. The summed E-state index contributed by atoms with van der Waals surface area (Å²) in [6, 6.07) is 30.4. The van der Waals surface area contributed by atoms with E-state index >= 15 is 0 Å². The first kappa shape index (κ1) is 28.9. The maximum absolute atomic E-state index is 12.7. The summed E-state index contributed by atoms with van der Waals surface area (Å²) in [6.07, 6.45) is 1.79. The number of para-hydroxylation sites is 1. The number of carbonyl (C=O) groups is 1. The summed E-state index contributed by atoms with van der Waals surface area (Å²) in [5.74, 6) is 1.80. The van der Waals surface area contributed by atoms with Crippen LogP contribution in [0.5, 0.6) is 17.2 Å². The Balaban J connectivity index is 1.41. The van der Waals surface area contributed by atoms with Gasteiger partial charge in [0.1, 0.15) is 17.2 Å². The largest absolute Gasteiger partial charge is 0.497 e. The molecule has 1 aliphatic heterocycles. The number of methoxy groups -OCH3 is 2. The van der Waals surface area contributed by atoms with Crippen LogP contribution in [0.1, 0.15) is 45.1 Å². The van der Waals surface area contributed by atoms with Gasteiger partial charge in [-0.25, -0.2) is 4.79 Å². The van der Waals surface area contributed by atoms with Gasteiger partial charge in [-0.15, -0.1) is 0 Å². The van der Waals surface area contributed by atoms with E-state index < -0.39 is 0 Å². The fraction of sp³-hybridized carbons (Fsp3) is 0.171. The lowest BCUT2D eigenvalue weighted by molar-refractivity contribution is 0.0600. The Morgan fingerprint density at radius 2 is 1.52 bits per heavy atom. The molecule has 2 aromatic heterocycles. The molecule has 2 atom stereocenters. The van der Waals surface area contributed by atoms with E-state index in [0.717, 1.165) is 39.8 Å². The lowest BCUT2D eigenvalue weighted by atomic mass is 9.96. The number of benzene rings is 3. The number of hydrogen-bond donors (Lipinski definition) is 1. The van der Waals surface area contributed by atoms with E-state index in [2.05, 4.69) is 27.8 Å². The van der Waals surface area contributed by atoms with Crippen LogP contribution in [0.25, 0.3) is 5.69 Å². The summed E-state index contributed by atoms with van der Waals surface area (Å²) in [5.41, 5.74) is 6.07. The highest BCUT2D eigenvalue weighted by molar-refractivity contribution is 7.80. The Morgan fingerprint density at radius 3 is 2.18 bits per heavy atom. The van der Waals surface area contributed by atoms with Gasteiger partial charge in [-0.3, -0.25) is 4.98 Å². The summed E-state index contributed by atoms with van der Waals surface area (Å²) in [4.78, 5) is 19.5. The van der Waals surface area contributed by atoms with Gasteiger partial charge >= 0.3 is 5.97 Å². The first-order valence-electron chi connectivity index (χ1n) is 14.2. The van der Waals surface area contributed by atoms with Gasteiger partial charge in [0.05, 0.1) is 43.2 Å². The van der Waals surface area contributed by atoms with Gasteiger partial charge in [0.25, 0.3) is 0 Å². The van der Waals surface area contributed by atoms with Crippen LogP contribution in [-0.4, -0.2) is 34.9 Å². The Labute approximate surface area is 261 Å². The molecule has 0 aliphatic carbocycles. The van der Waals surface area contributed by atoms with E-state index in [9.17, 15) is 4.79 Å². The van der Waals surface area contributed by atoms with Crippen LogP contribution in [0.15, 0.2) is 103 Å². The van der Waals surface area contributed by atoms with E-state index in [1.807, 2.05) is 91.9 Å². The van der Waals surface area contributed by atoms with Gasteiger partial charge in [0, 0.05) is 23.3 Å². The average Bonchev–Trinajstić information content (AvgIpc) is 3.56. The number of ether oxygens (including phenoxy) is 3. The highest BCUT2D eigenvalue weighted by Gasteiger charge is 2.42. The minimum Gasteiger partial charge on any atom is -0.497 e. The molecular weight excluding hydrogens is 572 g/mol. The Hall–Kier alpha value is -5.15. The molecule has 8 nitrogen and oxygen atoms in total. The maximum atomic E-state index is 12.7. The zero-order valence-electron chi connectivity index (χ0n) is 24.9. The fourth-order valence-electron chi connectivity index (χ4n) is 5.81. The molecule has 1 fully saturated rings. The van der Waals surface area contributed by atoms with Crippen molar-refractivity contribution in [3.8, 4) is 22.9 Å². The van der Waals surface area contributed by atoms with Crippen molar-refractivity contribution in [2.75, 3.05) is 19.1 Å². The predicted molar refractivity (Wildman–Crippen MR) is 174 cm³/mol. The van der Waals surface area contributed by atoms with Gasteiger partial charge in [-0.05, 0) is 110 Å². The number of anilines is 1. The standard InChI is InChI=1S/C35H32N4O4S/c1-22-21-29(23(2)38(22)31-11-6-5-9-28(31)34(40)42-4)33-32(30-10-7-8-20-36-30)37-35(44)39(33)24-12-14-26(15-13-24)43-27-18-16-25(41-3)17-19-27/h5-21,32-33H,1-4H3,(H,37,44)/t32-,33+/m0/s1. The highest BCUT2D eigenvalue weighted by Crippen LogP contribution is 2.44. The molecule has 6 rings (SSSR count). The highest BCUT2D eigenvalue weighted by atomic mass is 32.1. The molecule has 1 aliphatic rings. The summed E-state index contributed by atoms with van der Waals surface area (Å²) in [6.45, 7) is 4.11. The molecule has 44 heavy (non-hydrogen) atoms. The second kappa shape index (κ2) is 12.2. The van der Waals surface area contributed by atoms with Gasteiger partial charge < -0.3 is 29.0 Å². The molecule has 0 unspecified atom stereocenters. The predicted octanol–water partition coefficient (Wildman–Crippen LogP) is 7.25. The van der Waals surface area contributed by atoms with Crippen molar-refractivity contribution in [3.63, 3.8) is 0 Å². The molecular formula is C35H32N4O4S.